The first-order valence-corrected chi connectivity index (χ1v) is 4.75. The molecule has 0 atom stereocenters. The van der Waals surface area contributed by atoms with Crippen LogP contribution in [-0.4, -0.2) is 30.2 Å². The van der Waals surface area contributed by atoms with Gasteiger partial charge >= 0.3 is 6.09 Å². The number of rotatable bonds is 1. The number of ether oxygens (including phenoxy) is 1. The summed E-state index contributed by atoms with van der Waals surface area (Å²) >= 11 is 4.88. The highest BCUT2D eigenvalue weighted by Crippen LogP contribution is 2.07. The Hall–Kier alpha value is -1.62. The lowest BCUT2D eigenvalue weighted by Crippen LogP contribution is -2.39. The quantitative estimate of drug-likeness (QED) is 0.736. The second kappa shape index (κ2) is 5.31. The zero-order valence-electron chi connectivity index (χ0n) is 8.56. The molecule has 0 saturated carbocycles. The van der Waals surface area contributed by atoms with Crippen LogP contribution in [0, 0.1) is 0 Å². The molecule has 0 aliphatic heterocycles. The van der Waals surface area contributed by atoms with Gasteiger partial charge in [-0.3, -0.25) is 5.32 Å². The maximum atomic E-state index is 11.3. The van der Waals surface area contributed by atoms with Gasteiger partial charge in [0.05, 0.1) is 0 Å². The number of nitrogens with one attached hydrogen (secondary N) is 1. The minimum Gasteiger partial charge on any atom is -0.410 e. The van der Waals surface area contributed by atoms with Gasteiger partial charge in [0.1, 0.15) is 5.75 Å². The Morgan fingerprint density at radius 2 is 1.93 bits per heavy atom. The van der Waals surface area contributed by atoms with Crippen molar-refractivity contribution in [2.75, 3.05) is 14.1 Å². The number of carbonyl (C=O) groups excluding carboxylic acids is 1. The van der Waals surface area contributed by atoms with E-state index < -0.39 is 6.09 Å². The molecule has 0 saturated heterocycles. The number of nitrogens with zero attached hydrogens (tertiary/aromatic N) is 1. The summed E-state index contributed by atoms with van der Waals surface area (Å²) in [5, 5.41) is 2.74. The zero-order valence-corrected chi connectivity index (χ0v) is 9.38. The normalized spacial score (nSPS) is 9.20. The molecule has 1 aromatic carbocycles. The number of thiocarbonyl (C=S) groups is 1. The van der Waals surface area contributed by atoms with Crippen molar-refractivity contribution >= 4 is 23.4 Å². The van der Waals surface area contributed by atoms with Crippen LogP contribution in [0.15, 0.2) is 30.3 Å². The summed E-state index contributed by atoms with van der Waals surface area (Å²) in [6.45, 7) is 0. The summed E-state index contributed by atoms with van der Waals surface area (Å²) in [5.41, 5.74) is 0. The summed E-state index contributed by atoms with van der Waals surface area (Å²) in [7, 11) is 3.48. The number of hydrogen-bond acceptors (Lipinski definition) is 3. The molecule has 0 unspecified atom stereocenters. The van der Waals surface area contributed by atoms with Crippen LogP contribution < -0.4 is 10.1 Å². The molecule has 0 bridgehead atoms. The summed E-state index contributed by atoms with van der Waals surface area (Å²) in [4.78, 5) is 12.9. The van der Waals surface area contributed by atoms with Crippen molar-refractivity contribution in [3.05, 3.63) is 30.3 Å². The number of para-hydroxylation sites is 1. The van der Waals surface area contributed by atoms with E-state index >= 15 is 0 Å². The largest absolute Gasteiger partial charge is 0.418 e. The molecule has 15 heavy (non-hydrogen) atoms. The summed E-state index contributed by atoms with van der Waals surface area (Å²) in [5.74, 6) is 0.483. The molecule has 0 aliphatic carbocycles. The van der Waals surface area contributed by atoms with Crippen molar-refractivity contribution in [3.63, 3.8) is 0 Å². The molecule has 0 radical (unpaired) electrons. The maximum absolute atomic E-state index is 11.3. The predicted octanol–water partition coefficient (Wildman–Crippen LogP) is 1.62. The van der Waals surface area contributed by atoms with Gasteiger partial charge in [0.2, 0.25) is 0 Å². The fourth-order valence-corrected chi connectivity index (χ4v) is 0.904. The molecule has 1 N–H and O–H groups in total. The van der Waals surface area contributed by atoms with E-state index in [2.05, 4.69) is 5.32 Å². The molecule has 4 nitrogen and oxygen atoms in total. The van der Waals surface area contributed by atoms with E-state index in [1.807, 2.05) is 6.07 Å². The van der Waals surface area contributed by atoms with Gasteiger partial charge in [-0.15, -0.1) is 0 Å². The average Bonchev–Trinajstić information content (AvgIpc) is 2.18. The van der Waals surface area contributed by atoms with E-state index in [1.165, 1.54) is 0 Å². The Balaban J connectivity index is 2.47. The van der Waals surface area contributed by atoms with Gasteiger partial charge in [0, 0.05) is 14.1 Å². The average molecular weight is 224 g/mol. The lowest BCUT2D eigenvalue weighted by Gasteiger charge is -2.13. The first-order valence-electron chi connectivity index (χ1n) is 4.35. The third-order valence-corrected chi connectivity index (χ3v) is 2.04. The van der Waals surface area contributed by atoms with Crippen molar-refractivity contribution in [1.29, 1.82) is 0 Å². The molecule has 0 spiro atoms. The fourth-order valence-electron chi connectivity index (χ4n) is 0.820. The summed E-state index contributed by atoms with van der Waals surface area (Å²) in [6, 6.07) is 8.80. The smallest absolute Gasteiger partial charge is 0.410 e. The molecular formula is C10H12N2O2S. The van der Waals surface area contributed by atoms with Crippen LogP contribution in [0.25, 0.3) is 0 Å². The third-order valence-electron chi connectivity index (χ3n) is 1.57. The van der Waals surface area contributed by atoms with Gasteiger partial charge in [-0.25, -0.2) is 4.79 Å². The lowest BCUT2D eigenvalue weighted by atomic mass is 10.3. The third kappa shape index (κ3) is 3.95. The molecule has 0 fully saturated rings. The molecule has 1 aromatic rings. The van der Waals surface area contributed by atoms with Gasteiger partial charge in [-0.05, 0) is 24.4 Å². The summed E-state index contributed by atoms with van der Waals surface area (Å²) < 4.78 is 4.97. The van der Waals surface area contributed by atoms with Crippen LogP contribution >= 0.6 is 12.2 Å². The Morgan fingerprint density at radius 1 is 1.33 bits per heavy atom. The van der Waals surface area contributed by atoms with Crippen molar-refractivity contribution in [3.8, 4) is 5.75 Å². The van der Waals surface area contributed by atoms with E-state index in [9.17, 15) is 4.79 Å². The minimum absolute atomic E-state index is 0.316. The van der Waals surface area contributed by atoms with E-state index in [1.54, 1.807) is 43.3 Å². The first kappa shape index (κ1) is 11.5. The number of benzene rings is 1. The molecule has 0 heterocycles. The van der Waals surface area contributed by atoms with Crippen LogP contribution in [0.2, 0.25) is 0 Å². The lowest BCUT2D eigenvalue weighted by molar-refractivity contribution is 0.205. The van der Waals surface area contributed by atoms with Crippen molar-refractivity contribution in [1.82, 2.24) is 10.2 Å². The Bertz CT molecular complexity index is 352. The first-order chi connectivity index (χ1) is 7.09. The standard InChI is InChI=1S/C10H12N2O2S/c1-12(2)9(15)11-10(13)14-8-6-4-3-5-7-8/h3-7H,1-2H3,(H,11,13,15). The van der Waals surface area contributed by atoms with E-state index in [-0.39, 0.29) is 0 Å². The van der Waals surface area contributed by atoms with E-state index in [0.717, 1.165) is 0 Å². The van der Waals surface area contributed by atoms with Crippen LogP contribution in [0.3, 0.4) is 0 Å². The van der Waals surface area contributed by atoms with Gasteiger partial charge in [-0.2, -0.15) is 0 Å². The number of hydrogen-bond donors (Lipinski definition) is 1. The van der Waals surface area contributed by atoms with Crippen molar-refractivity contribution in [2.45, 2.75) is 0 Å². The molecule has 0 aliphatic rings. The van der Waals surface area contributed by atoms with Crippen molar-refractivity contribution < 1.29 is 9.53 Å². The van der Waals surface area contributed by atoms with Gasteiger partial charge < -0.3 is 9.64 Å². The maximum Gasteiger partial charge on any atom is 0.418 e. The van der Waals surface area contributed by atoms with Gasteiger partial charge in [0.25, 0.3) is 0 Å². The molecular weight excluding hydrogens is 212 g/mol. The molecule has 1 rings (SSSR count). The fraction of sp³-hybridized carbons (Fsp3) is 0.200. The van der Waals surface area contributed by atoms with Crippen LogP contribution in [0.5, 0.6) is 5.75 Å². The van der Waals surface area contributed by atoms with Crippen molar-refractivity contribution in [2.24, 2.45) is 0 Å². The van der Waals surface area contributed by atoms with Crippen LogP contribution in [0.4, 0.5) is 4.79 Å². The summed E-state index contributed by atoms with van der Waals surface area (Å²) in [6.07, 6.45) is -0.583. The molecule has 1 amide bonds. The van der Waals surface area contributed by atoms with Crippen LogP contribution in [-0.2, 0) is 0 Å². The van der Waals surface area contributed by atoms with Crippen LogP contribution in [0.1, 0.15) is 0 Å². The Kier molecular flexibility index (Phi) is 4.05. The second-order valence-electron chi connectivity index (χ2n) is 3.03. The van der Waals surface area contributed by atoms with Gasteiger partial charge in [-0.1, -0.05) is 18.2 Å². The van der Waals surface area contributed by atoms with Gasteiger partial charge in [0.15, 0.2) is 5.11 Å². The monoisotopic (exact) mass is 224 g/mol. The number of amides is 1. The predicted molar refractivity (Wildman–Crippen MR) is 61.9 cm³/mol. The highest BCUT2D eigenvalue weighted by Gasteiger charge is 2.07. The Labute approximate surface area is 93.8 Å². The SMILES string of the molecule is CN(C)C(=S)NC(=O)Oc1ccccc1. The Morgan fingerprint density at radius 3 is 2.47 bits per heavy atom. The minimum atomic E-state index is -0.583. The molecule has 5 heteroatoms. The highest BCUT2D eigenvalue weighted by molar-refractivity contribution is 7.80. The highest BCUT2D eigenvalue weighted by atomic mass is 32.1. The molecule has 80 valence electrons. The topological polar surface area (TPSA) is 41.6 Å². The molecule has 0 aromatic heterocycles. The second-order valence-corrected chi connectivity index (χ2v) is 3.41. The van der Waals surface area contributed by atoms with E-state index in [0.29, 0.717) is 10.9 Å². The van der Waals surface area contributed by atoms with E-state index in [4.69, 9.17) is 17.0 Å². The zero-order chi connectivity index (χ0) is 11.3. The number of carbonyl (C=O) groups is 1.